The molecule has 0 fully saturated rings. The molecule has 1 aromatic rings. The third-order valence-corrected chi connectivity index (χ3v) is 3.35. The first-order chi connectivity index (χ1) is 8.75. The van der Waals surface area contributed by atoms with Crippen molar-refractivity contribution in [2.75, 3.05) is 10.6 Å². The molecule has 5 nitrogen and oxygen atoms in total. The molecule has 0 aromatic heterocycles. The van der Waals surface area contributed by atoms with Crippen molar-refractivity contribution in [2.45, 2.75) is 39.3 Å². The van der Waals surface area contributed by atoms with Gasteiger partial charge in [0.15, 0.2) is 11.4 Å². The largest absolute Gasteiger partial charge is 0.476 e. The topological polar surface area (TPSA) is 72.6 Å². The molecule has 1 unspecified atom stereocenters. The minimum atomic E-state index is -1.01. The number of fused-ring (bicyclic) bond motifs is 1. The molecule has 19 heavy (non-hydrogen) atoms. The lowest BCUT2D eigenvalue weighted by Gasteiger charge is -2.41. The van der Waals surface area contributed by atoms with Gasteiger partial charge in [0.2, 0.25) is 0 Å². The number of carbonyl (C=O) groups is 2. The van der Waals surface area contributed by atoms with Crippen LogP contribution in [0.25, 0.3) is 0 Å². The summed E-state index contributed by atoms with van der Waals surface area (Å²) in [6, 6.07) is 4.63. The van der Waals surface area contributed by atoms with Crippen molar-refractivity contribution >= 4 is 23.1 Å². The Hall–Kier alpha value is -2.04. The van der Waals surface area contributed by atoms with Crippen LogP contribution in [0.4, 0.5) is 11.4 Å². The molecule has 1 atom stereocenters. The van der Waals surface area contributed by atoms with Crippen molar-refractivity contribution in [1.29, 1.82) is 0 Å². The fourth-order valence-corrected chi connectivity index (χ4v) is 2.14. The zero-order valence-corrected chi connectivity index (χ0v) is 11.6. The van der Waals surface area contributed by atoms with Crippen LogP contribution in [0.3, 0.4) is 0 Å². The van der Waals surface area contributed by atoms with Gasteiger partial charge < -0.3 is 10.5 Å². The molecule has 0 radical (unpaired) electrons. The number of hydrogen-bond acceptors (Lipinski definition) is 4. The van der Waals surface area contributed by atoms with Gasteiger partial charge in [-0.15, -0.1) is 0 Å². The van der Waals surface area contributed by atoms with Crippen molar-refractivity contribution in [3.05, 3.63) is 18.2 Å². The standard InChI is InChI=1S/C14H18N2O3/c1-8(9(2)17)16-12-10(15)6-5-7-11(12)19-14(3,4)13(16)18/h5-8H,15H2,1-4H3. The number of ketones is 1. The van der Waals surface area contributed by atoms with Gasteiger partial charge in [0.05, 0.1) is 11.7 Å². The van der Waals surface area contributed by atoms with E-state index in [0.717, 1.165) is 0 Å². The number of Topliss-reactive ketones (excluding diaryl/α,β-unsaturated/α-hetero) is 1. The van der Waals surface area contributed by atoms with Gasteiger partial charge in [0.25, 0.3) is 5.91 Å². The van der Waals surface area contributed by atoms with Crippen LogP contribution in [-0.4, -0.2) is 23.3 Å². The number of amides is 1. The fraction of sp³-hybridized carbons (Fsp3) is 0.429. The Labute approximate surface area is 112 Å². The number of nitrogens with zero attached hydrogens (tertiary/aromatic N) is 1. The second-order valence-electron chi connectivity index (χ2n) is 5.27. The lowest BCUT2D eigenvalue weighted by atomic mass is 10.00. The SMILES string of the molecule is CC(=O)C(C)N1C(=O)C(C)(C)Oc2cccc(N)c21. The molecule has 0 spiro atoms. The lowest BCUT2D eigenvalue weighted by Crippen LogP contribution is -2.57. The van der Waals surface area contributed by atoms with E-state index < -0.39 is 11.6 Å². The van der Waals surface area contributed by atoms with Gasteiger partial charge in [-0.25, -0.2) is 0 Å². The number of nitrogens with two attached hydrogens (primary N) is 1. The monoisotopic (exact) mass is 262 g/mol. The number of hydrogen-bond donors (Lipinski definition) is 1. The predicted octanol–water partition coefficient (Wildman–Crippen LogP) is 1.75. The van der Waals surface area contributed by atoms with E-state index in [4.69, 9.17) is 10.5 Å². The molecular formula is C14H18N2O3. The van der Waals surface area contributed by atoms with Gasteiger partial charge in [0, 0.05) is 0 Å². The van der Waals surface area contributed by atoms with Crippen molar-refractivity contribution < 1.29 is 14.3 Å². The number of rotatable bonds is 2. The predicted molar refractivity (Wildman–Crippen MR) is 73.2 cm³/mol. The van der Waals surface area contributed by atoms with Crippen LogP contribution in [0, 0.1) is 0 Å². The third-order valence-electron chi connectivity index (χ3n) is 3.35. The molecule has 1 heterocycles. The second kappa shape index (κ2) is 4.26. The highest BCUT2D eigenvalue weighted by Crippen LogP contribution is 2.42. The molecule has 0 bridgehead atoms. The van der Waals surface area contributed by atoms with Crippen LogP contribution < -0.4 is 15.4 Å². The molecule has 2 N–H and O–H groups in total. The van der Waals surface area contributed by atoms with E-state index in [1.807, 2.05) is 0 Å². The van der Waals surface area contributed by atoms with Crippen LogP contribution in [0.2, 0.25) is 0 Å². The van der Waals surface area contributed by atoms with E-state index >= 15 is 0 Å². The molecule has 0 aliphatic carbocycles. The molecular weight excluding hydrogens is 244 g/mol. The maximum atomic E-state index is 12.5. The molecule has 0 saturated heterocycles. The highest BCUT2D eigenvalue weighted by Gasteiger charge is 2.44. The van der Waals surface area contributed by atoms with Gasteiger partial charge >= 0.3 is 0 Å². The molecule has 2 rings (SSSR count). The molecule has 0 saturated carbocycles. The van der Waals surface area contributed by atoms with Crippen LogP contribution in [-0.2, 0) is 9.59 Å². The Morgan fingerprint density at radius 3 is 2.63 bits per heavy atom. The molecule has 1 amide bonds. The van der Waals surface area contributed by atoms with E-state index in [-0.39, 0.29) is 11.7 Å². The Kier molecular flexibility index (Phi) is 3.00. The highest BCUT2D eigenvalue weighted by atomic mass is 16.5. The number of benzene rings is 1. The van der Waals surface area contributed by atoms with E-state index in [0.29, 0.717) is 17.1 Å². The van der Waals surface area contributed by atoms with Gasteiger partial charge in [-0.3, -0.25) is 14.5 Å². The molecule has 1 aliphatic heterocycles. The lowest BCUT2D eigenvalue weighted by molar-refractivity contribution is -0.134. The summed E-state index contributed by atoms with van der Waals surface area (Å²) in [5, 5.41) is 0. The van der Waals surface area contributed by atoms with E-state index in [2.05, 4.69) is 0 Å². The van der Waals surface area contributed by atoms with Gasteiger partial charge in [-0.05, 0) is 39.8 Å². The summed E-state index contributed by atoms with van der Waals surface area (Å²) in [6.45, 7) is 6.51. The highest BCUT2D eigenvalue weighted by molar-refractivity contribution is 6.09. The average molecular weight is 262 g/mol. The number of anilines is 2. The number of para-hydroxylation sites is 1. The molecule has 102 valence electrons. The van der Waals surface area contributed by atoms with E-state index in [9.17, 15) is 9.59 Å². The van der Waals surface area contributed by atoms with Gasteiger partial charge in [-0.2, -0.15) is 0 Å². The van der Waals surface area contributed by atoms with E-state index in [1.54, 1.807) is 39.0 Å². The van der Waals surface area contributed by atoms with E-state index in [1.165, 1.54) is 11.8 Å². The van der Waals surface area contributed by atoms with Gasteiger partial charge in [-0.1, -0.05) is 6.07 Å². The smallest absolute Gasteiger partial charge is 0.271 e. The molecule has 5 heteroatoms. The Morgan fingerprint density at radius 2 is 2.05 bits per heavy atom. The van der Waals surface area contributed by atoms with Crippen LogP contribution >= 0.6 is 0 Å². The Bertz CT molecular complexity index is 552. The molecule has 1 aliphatic rings. The van der Waals surface area contributed by atoms with Crippen molar-refractivity contribution in [3.63, 3.8) is 0 Å². The summed E-state index contributed by atoms with van der Waals surface area (Å²) < 4.78 is 5.69. The van der Waals surface area contributed by atoms with Crippen LogP contribution in [0.1, 0.15) is 27.7 Å². The zero-order valence-electron chi connectivity index (χ0n) is 11.6. The summed E-state index contributed by atoms with van der Waals surface area (Å²) in [4.78, 5) is 25.6. The first-order valence-electron chi connectivity index (χ1n) is 6.17. The zero-order chi connectivity index (χ0) is 14.4. The van der Waals surface area contributed by atoms with Gasteiger partial charge in [0.1, 0.15) is 11.4 Å². The quantitative estimate of drug-likeness (QED) is 0.824. The first-order valence-corrected chi connectivity index (χ1v) is 6.17. The maximum Gasteiger partial charge on any atom is 0.271 e. The number of nitrogen functional groups attached to an aromatic ring is 1. The number of ether oxygens (including phenoxy) is 1. The summed E-state index contributed by atoms with van der Waals surface area (Å²) in [6.07, 6.45) is 0. The normalized spacial score (nSPS) is 18.5. The summed E-state index contributed by atoms with van der Waals surface area (Å²) in [5.74, 6) is 0.165. The van der Waals surface area contributed by atoms with Crippen LogP contribution in [0.5, 0.6) is 5.75 Å². The minimum absolute atomic E-state index is 0.0970. The fourth-order valence-electron chi connectivity index (χ4n) is 2.14. The van der Waals surface area contributed by atoms with Crippen LogP contribution in [0.15, 0.2) is 18.2 Å². The average Bonchev–Trinajstić information content (AvgIpc) is 2.30. The minimum Gasteiger partial charge on any atom is -0.476 e. The number of carbonyl (C=O) groups excluding carboxylic acids is 2. The third kappa shape index (κ3) is 2.05. The second-order valence-corrected chi connectivity index (χ2v) is 5.27. The summed E-state index contributed by atoms with van der Waals surface area (Å²) in [7, 11) is 0. The van der Waals surface area contributed by atoms with Crippen molar-refractivity contribution in [3.8, 4) is 5.75 Å². The first kappa shape index (κ1) is 13.4. The maximum absolute atomic E-state index is 12.5. The van der Waals surface area contributed by atoms with Crippen molar-refractivity contribution in [1.82, 2.24) is 0 Å². The summed E-state index contributed by atoms with van der Waals surface area (Å²) in [5.41, 5.74) is 5.83. The Balaban J connectivity index is 2.64. The summed E-state index contributed by atoms with van der Waals surface area (Å²) >= 11 is 0. The van der Waals surface area contributed by atoms with Crippen molar-refractivity contribution in [2.24, 2.45) is 0 Å². The molecule has 1 aromatic carbocycles. The Morgan fingerprint density at radius 1 is 1.42 bits per heavy atom.